The summed E-state index contributed by atoms with van der Waals surface area (Å²) in [6.45, 7) is 2.76. The van der Waals surface area contributed by atoms with Gasteiger partial charge in [0.15, 0.2) is 0 Å². The SMILES string of the molecule is CC1=CC2C(C=C1)C(NCCCCCCCCC(=O)O)c1ccccc1N(C)S2(=O)=O. The van der Waals surface area contributed by atoms with E-state index in [1.165, 1.54) is 4.31 Å². The van der Waals surface area contributed by atoms with Crippen LogP contribution >= 0.6 is 0 Å². The van der Waals surface area contributed by atoms with E-state index in [4.69, 9.17) is 5.11 Å². The highest BCUT2D eigenvalue weighted by Gasteiger charge is 2.43. The molecule has 3 rings (SSSR count). The topological polar surface area (TPSA) is 86.7 Å². The molecule has 1 aromatic carbocycles. The summed E-state index contributed by atoms with van der Waals surface area (Å²) in [6.07, 6.45) is 12.2. The molecule has 1 aliphatic carbocycles. The van der Waals surface area contributed by atoms with Gasteiger partial charge in [-0.15, -0.1) is 0 Å². The Balaban J connectivity index is 1.65. The average Bonchev–Trinajstić information content (AvgIpc) is 2.80. The van der Waals surface area contributed by atoms with Gasteiger partial charge in [-0.3, -0.25) is 9.10 Å². The summed E-state index contributed by atoms with van der Waals surface area (Å²) in [4.78, 5) is 10.6. The molecule has 0 fully saturated rings. The second-order valence-corrected chi connectivity index (χ2v) is 10.7. The lowest BCUT2D eigenvalue weighted by molar-refractivity contribution is -0.137. The number of benzene rings is 1. The standard InChI is InChI=1S/C24H34N2O4S/c1-18-14-15-20-22(17-18)31(29,30)26(2)21-12-9-8-11-19(21)24(20)25-16-10-6-4-3-5-7-13-23(27)28/h8-9,11-12,14-15,17,20,22,24-25H,3-7,10,13,16H2,1-2H3,(H,27,28). The Morgan fingerprint density at radius 3 is 2.52 bits per heavy atom. The van der Waals surface area contributed by atoms with Crippen LogP contribution in [0.3, 0.4) is 0 Å². The summed E-state index contributed by atoms with van der Waals surface area (Å²) in [6, 6.07) is 7.70. The van der Waals surface area contributed by atoms with Crippen LogP contribution in [-0.2, 0) is 14.8 Å². The smallest absolute Gasteiger partial charge is 0.303 e. The fourth-order valence-electron chi connectivity index (χ4n) is 4.56. The zero-order valence-electron chi connectivity index (χ0n) is 18.5. The number of nitrogens with one attached hydrogen (secondary N) is 1. The van der Waals surface area contributed by atoms with E-state index >= 15 is 0 Å². The number of allylic oxidation sites excluding steroid dienone is 2. The van der Waals surface area contributed by atoms with E-state index in [-0.39, 0.29) is 18.4 Å². The number of nitrogens with zero attached hydrogens (tertiary/aromatic N) is 1. The number of unbranched alkanes of at least 4 members (excludes halogenated alkanes) is 5. The van der Waals surface area contributed by atoms with Crippen LogP contribution < -0.4 is 9.62 Å². The summed E-state index contributed by atoms with van der Waals surface area (Å²) >= 11 is 0. The fraction of sp³-hybridized carbons (Fsp3) is 0.542. The van der Waals surface area contributed by atoms with Crippen molar-refractivity contribution in [1.29, 1.82) is 0 Å². The van der Waals surface area contributed by atoms with Crippen molar-refractivity contribution in [3.8, 4) is 0 Å². The van der Waals surface area contributed by atoms with E-state index in [1.54, 1.807) is 7.05 Å². The van der Waals surface area contributed by atoms with Crippen molar-refractivity contribution >= 4 is 21.7 Å². The Morgan fingerprint density at radius 2 is 1.77 bits per heavy atom. The molecule has 2 N–H and O–H groups in total. The van der Waals surface area contributed by atoms with Gasteiger partial charge in [-0.1, -0.05) is 67.7 Å². The molecule has 0 aromatic heterocycles. The van der Waals surface area contributed by atoms with Crippen LogP contribution in [-0.4, -0.2) is 38.3 Å². The number of carboxylic acids is 1. The number of anilines is 1. The molecule has 3 unspecified atom stereocenters. The predicted molar refractivity (Wildman–Crippen MR) is 125 cm³/mol. The fourth-order valence-corrected chi connectivity index (χ4v) is 6.40. The van der Waals surface area contributed by atoms with Crippen molar-refractivity contribution < 1.29 is 18.3 Å². The molecular weight excluding hydrogens is 412 g/mol. The van der Waals surface area contributed by atoms with Crippen LogP contribution in [0, 0.1) is 5.92 Å². The van der Waals surface area contributed by atoms with Gasteiger partial charge >= 0.3 is 5.97 Å². The number of carbonyl (C=O) groups is 1. The zero-order valence-corrected chi connectivity index (χ0v) is 19.3. The highest BCUT2D eigenvalue weighted by atomic mass is 32.2. The molecule has 0 saturated heterocycles. The first kappa shape index (κ1) is 23.5. The summed E-state index contributed by atoms with van der Waals surface area (Å²) in [5.74, 6) is -0.878. The number of fused-ring (bicyclic) bond motifs is 2. The van der Waals surface area contributed by atoms with Gasteiger partial charge in [0.25, 0.3) is 0 Å². The molecule has 1 aromatic rings. The molecule has 170 valence electrons. The van der Waals surface area contributed by atoms with Gasteiger partial charge in [-0.05, 0) is 37.9 Å². The molecule has 1 aliphatic heterocycles. The Hall–Kier alpha value is -2.12. The maximum absolute atomic E-state index is 13.3. The molecule has 0 saturated carbocycles. The van der Waals surface area contributed by atoms with Gasteiger partial charge in [0.2, 0.25) is 10.0 Å². The van der Waals surface area contributed by atoms with Crippen LogP contribution in [0.2, 0.25) is 0 Å². The number of hydrogen-bond donors (Lipinski definition) is 2. The van der Waals surface area contributed by atoms with Crippen molar-refractivity contribution in [1.82, 2.24) is 5.32 Å². The third-order valence-electron chi connectivity index (χ3n) is 6.29. The number of sulfonamides is 1. The average molecular weight is 447 g/mol. The molecular formula is C24H34N2O4S. The predicted octanol–water partition coefficient (Wildman–Crippen LogP) is 4.41. The monoisotopic (exact) mass is 446 g/mol. The van der Waals surface area contributed by atoms with Crippen LogP contribution in [0.25, 0.3) is 0 Å². The molecule has 31 heavy (non-hydrogen) atoms. The quantitative estimate of drug-likeness (QED) is 0.520. The lowest BCUT2D eigenvalue weighted by atomic mass is 9.85. The second kappa shape index (κ2) is 10.5. The lowest BCUT2D eigenvalue weighted by Gasteiger charge is -2.31. The van der Waals surface area contributed by atoms with Crippen molar-refractivity contribution in [3.05, 3.63) is 53.6 Å². The second-order valence-electron chi connectivity index (χ2n) is 8.58. The molecule has 2 aliphatic rings. The van der Waals surface area contributed by atoms with Gasteiger partial charge in [0, 0.05) is 25.4 Å². The number of hydrogen-bond acceptors (Lipinski definition) is 4. The first-order valence-corrected chi connectivity index (χ1v) is 12.7. The third-order valence-corrected chi connectivity index (χ3v) is 8.39. The van der Waals surface area contributed by atoms with Crippen LogP contribution in [0.4, 0.5) is 5.69 Å². The number of rotatable bonds is 10. The van der Waals surface area contributed by atoms with Crippen molar-refractivity contribution in [3.63, 3.8) is 0 Å². The maximum Gasteiger partial charge on any atom is 0.303 e. The first-order valence-electron chi connectivity index (χ1n) is 11.2. The van der Waals surface area contributed by atoms with E-state index in [1.807, 2.05) is 49.4 Å². The van der Waals surface area contributed by atoms with Crippen LogP contribution in [0.5, 0.6) is 0 Å². The molecule has 0 amide bonds. The van der Waals surface area contributed by atoms with Crippen molar-refractivity contribution in [2.45, 2.75) is 63.2 Å². The highest BCUT2D eigenvalue weighted by Crippen LogP contribution is 2.42. The first-order chi connectivity index (χ1) is 14.8. The minimum absolute atomic E-state index is 0.0721. The van der Waals surface area contributed by atoms with E-state index in [2.05, 4.69) is 5.32 Å². The molecule has 1 heterocycles. The normalized spacial score (nSPS) is 24.1. The molecule has 0 bridgehead atoms. The summed E-state index contributed by atoms with van der Waals surface area (Å²) in [5, 5.41) is 11.8. The molecule has 6 nitrogen and oxygen atoms in total. The minimum atomic E-state index is -3.51. The Morgan fingerprint density at radius 1 is 1.10 bits per heavy atom. The molecule has 0 radical (unpaired) electrons. The Labute approximate surface area is 186 Å². The van der Waals surface area contributed by atoms with E-state index in [0.717, 1.165) is 61.9 Å². The third kappa shape index (κ3) is 5.57. The number of aliphatic carboxylic acids is 1. The summed E-state index contributed by atoms with van der Waals surface area (Å²) in [5.41, 5.74) is 2.74. The lowest BCUT2D eigenvalue weighted by Crippen LogP contribution is -2.41. The Kier molecular flexibility index (Phi) is 7.94. The van der Waals surface area contributed by atoms with E-state index in [9.17, 15) is 13.2 Å². The number of carboxylic acid groups (broad SMARTS) is 1. The van der Waals surface area contributed by atoms with Crippen LogP contribution in [0.15, 0.2) is 48.1 Å². The number of para-hydroxylation sites is 1. The largest absolute Gasteiger partial charge is 0.481 e. The van der Waals surface area contributed by atoms with E-state index in [0.29, 0.717) is 0 Å². The molecule has 0 spiro atoms. The minimum Gasteiger partial charge on any atom is -0.481 e. The van der Waals surface area contributed by atoms with Crippen molar-refractivity contribution in [2.75, 3.05) is 17.9 Å². The highest BCUT2D eigenvalue weighted by molar-refractivity contribution is 7.93. The van der Waals surface area contributed by atoms with Gasteiger partial charge in [0.05, 0.1) is 5.69 Å². The zero-order chi connectivity index (χ0) is 22.4. The van der Waals surface area contributed by atoms with E-state index < -0.39 is 21.2 Å². The summed E-state index contributed by atoms with van der Waals surface area (Å²) < 4.78 is 28.1. The van der Waals surface area contributed by atoms with Gasteiger partial charge in [0.1, 0.15) is 5.25 Å². The van der Waals surface area contributed by atoms with Gasteiger partial charge in [-0.25, -0.2) is 8.42 Å². The molecule has 3 atom stereocenters. The van der Waals surface area contributed by atoms with Gasteiger partial charge in [-0.2, -0.15) is 0 Å². The van der Waals surface area contributed by atoms with Crippen molar-refractivity contribution in [2.24, 2.45) is 5.92 Å². The van der Waals surface area contributed by atoms with Gasteiger partial charge < -0.3 is 10.4 Å². The Bertz CT molecular complexity index is 939. The van der Waals surface area contributed by atoms with Crippen LogP contribution in [0.1, 0.15) is 63.5 Å². The summed E-state index contributed by atoms with van der Waals surface area (Å²) in [7, 11) is -1.86. The maximum atomic E-state index is 13.3. The molecule has 7 heteroatoms.